The van der Waals surface area contributed by atoms with Gasteiger partial charge >= 0.3 is 0 Å². The molecular formula is C28H34N2. The van der Waals surface area contributed by atoms with E-state index in [-0.39, 0.29) is 5.41 Å². The Kier molecular flexibility index (Phi) is 6.55. The predicted octanol–water partition coefficient (Wildman–Crippen LogP) is 6.95. The number of allylic oxidation sites excluding steroid dienone is 4. The Morgan fingerprint density at radius 3 is 1.83 bits per heavy atom. The number of rotatable bonds is 5. The highest BCUT2D eigenvalue weighted by Crippen LogP contribution is 2.34. The SMILES string of the molecule is CCc1ccc(C2=CC(C)=C(c3ccc(C(C)(C)CC)cc3)C(=NC)C2=NC)cc1. The van der Waals surface area contributed by atoms with Crippen molar-refractivity contribution in [2.45, 2.75) is 52.9 Å². The summed E-state index contributed by atoms with van der Waals surface area (Å²) in [4.78, 5) is 9.36. The van der Waals surface area contributed by atoms with Gasteiger partial charge in [-0.15, -0.1) is 0 Å². The molecule has 0 saturated carbocycles. The Balaban J connectivity index is 2.11. The van der Waals surface area contributed by atoms with Crippen LogP contribution in [0.3, 0.4) is 0 Å². The van der Waals surface area contributed by atoms with Gasteiger partial charge in [0.2, 0.25) is 0 Å². The summed E-state index contributed by atoms with van der Waals surface area (Å²) in [6, 6.07) is 17.8. The topological polar surface area (TPSA) is 24.7 Å². The Morgan fingerprint density at radius 2 is 1.33 bits per heavy atom. The van der Waals surface area contributed by atoms with Crippen LogP contribution in [0.2, 0.25) is 0 Å². The second-order valence-electron chi connectivity index (χ2n) is 8.63. The fourth-order valence-electron chi connectivity index (χ4n) is 4.03. The molecule has 0 bridgehead atoms. The molecule has 0 radical (unpaired) electrons. The van der Waals surface area contributed by atoms with Gasteiger partial charge in [-0.2, -0.15) is 0 Å². The van der Waals surface area contributed by atoms with Gasteiger partial charge in [0, 0.05) is 25.2 Å². The van der Waals surface area contributed by atoms with Crippen LogP contribution < -0.4 is 0 Å². The van der Waals surface area contributed by atoms with E-state index >= 15 is 0 Å². The van der Waals surface area contributed by atoms with E-state index in [0.29, 0.717) is 0 Å². The van der Waals surface area contributed by atoms with Gasteiger partial charge in [-0.3, -0.25) is 9.98 Å². The van der Waals surface area contributed by atoms with Crippen LogP contribution in [-0.2, 0) is 11.8 Å². The molecule has 2 aromatic rings. The molecule has 3 rings (SSSR count). The van der Waals surface area contributed by atoms with Crippen LogP contribution in [0.15, 0.2) is 70.2 Å². The maximum atomic E-state index is 4.69. The van der Waals surface area contributed by atoms with E-state index in [1.54, 1.807) is 0 Å². The quantitative estimate of drug-likeness (QED) is 0.487. The van der Waals surface area contributed by atoms with Gasteiger partial charge < -0.3 is 0 Å². The maximum Gasteiger partial charge on any atom is 0.0910 e. The molecule has 2 heteroatoms. The molecule has 0 atom stereocenters. The highest BCUT2D eigenvalue weighted by molar-refractivity contribution is 6.70. The molecule has 0 aromatic heterocycles. The van der Waals surface area contributed by atoms with Crippen molar-refractivity contribution in [3.05, 3.63) is 82.4 Å². The monoisotopic (exact) mass is 398 g/mol. The molecule has 0 heterocycles. The lowest BCUT2D eigenvalue weighted by molar-refractivity contribution is 0.506. The standard InChI is InChI=1S/C28H34N2/c1-8-20-10-12-21(13-11-20)24-18-19(3)25(27(30-7)26(24)29-6)22-14-16-23(17-15-22)28(4,5)9-2/h10-18H,8-9H2,1-7H3. The van der Waals surface area contributed by atoms with Gasteiger partial charge in [0.05, 0.1) is 11.4 Å². The normalized spacial score (nSPS) is 17.6. The van der Waals surface area contributed by atoms with Gasteiger partial charge in [0.25, 0.3) is 0 Å². The molecule has 0 spiro atoms. The van der Waals surface area contributed by atoms with E-state index in [0.717, 1.165) is 29.8 Å². The summed E-state index contributed by atoms with van der Waals surface area (Å²) in [6.07, 6.45) is 4.42. The van der Waals surface area contributed by atoms with Crippen LogP contribution in [-0.4, -0.2) is 25.5 Å². The summed E-state index contributed by atoms with van der Waals surface area (Å²) >= 11 is 0. The minimum absolute atomic E-state index is 0.184. The summed E-state index contributed by atoms with van der Waals surface area (Å²) in [5, 5.41) is 0. The van der Waals surface area contributed by atoms with E-state index in [1.165, 1.54) is 33.4 Å². The largest absolute Gasteiger partial charge is 0.286 e. The first-order valence-electron chi connectivity index (χ1n) is 10.9. The molecule has 0 N–H and O–H groups in total. The Hall–Kier alpha value is -2.74. The van der Waals surface area contributed by atoms with E-state index in [1.807, 2.05) is 14.1 Å². The molecule has 0 unspecified atom stereocenters. The lowest BCUT2D eigenvalue weighted by Gasteiger charge is -2.25. The van der Waals surface area contributed by atoms with Gasteiger partial charge in [-0.25, -0.2) is 0 Å². The van der Waals surface area contributed by atoms with E-state index in [4.69, 9.17) is 4.99 Å². The Labute approximate surface area is 182 Å². The summed E-state index contributed by atoms with van der Waals surface area (Å²) in [6.45, 7) is 11.2. The van der Waals surface area contributed by atoms with E-state index < -0.39 is 0 Å². The molecular weight excluding hydrogens is 364 g/mol. The zero-order chi connectivity index (χ0) is 21.9. The summed E-state index contributed by atoms with van der Waals surface area (Å²) < 4.78 is 0. The average molecular weight is 399 g/mol. The molecule has 0 amide bonds. The first-order chi connectivity index (χ1) is 14.4. The molecule has 30 heavy (non-hydrogen) atoms. The second kappa shape index (κ2) is 8.95. The molecule has 156 valence electrons. The van der Waals surface area contributed by atoms with Crippen LogP contribution in [0.5, 0.6) is 0 Å². The van der Waals surface area contributed by atoms with E-state index in [2.05, 4.69) is 94.2 Å². The highest BCUT2D eigenvalue weighted by atomic mass is 14.8. The third-order valence-corrected chi connectivity index (χ3v) is 6.43. The van der Waals surface area contributed by atoms with Gasteiger partial charge in [-0.05, 0) is 59.1 Å². The van der Waals surface area contributed by atoms with E-state index in [9.17, 15) is 0 Å². The van der Waals surface area contributed by atoms with Crippen molar-refractivity contribution in [3.8, 4) is 0 Å². The predicted molar refractivity (Wildman–Crippen MR) is 133 cm³/mol. The zero-order valence-corrected chi connectivity index (χ0v) is 19.5. The van der Waals surface area contributed by atoms with Crippen molar-refractivity contribution in [1.82, 2.24) is 0 Å². The number of aliphatic imine (C=N–C) groups is 2. The van der Waals surface area contributed by atoms with Crippen molar-refractivity contribution in [2.24, 2.45) is 9.98 Å². The molecule has 2 nitrogen and oxygen atoms in total. The van der Waals surface area contributed by atoms with Crippen molar-refractivity contribution < 1.29 is 0 Å². The zero-order valence-electron chi connectivity index (χ0n) is 19.5. The molecule has 1 aliphatic carbocycles. The second-order valence-corrected chi connectivity index (χ2v) is 8.63. The van der Waals surface area contributed by atoms with Crippen molar-refractivity contribution in [1.29, 1.82) is 0 Å². The fraction of sp³-hybridized carbons (Fsp3) is 0.357. The van der Waals surface area contributed by atoms with Crippen LogP contribution in [0, 0.1) is 0 Å². The number of nitrogens with zero attached hydrogens (tertiary/aromatic N) is 2. The fourth-order valence-corrected chi connectivity index (χ4v) is 4.03. The number of hydrogen-bond acceptors (Lipinski definition) is 2. The smallest absolute Gasteiger partial charge is 0.0910 e. The number of aryl methyl sites for hydroxylation is 1. The third-order valence-electron chi connectivity index (χ3n) is 6.43. The molecule has 0 aliphatic heterocycles. The minimum Gasteiger partial charge on any atom is -0.286 e. The number of benzene rings is 2. The lowest BCUT2D eigenvalue weighted by Crippen LogP contribution is -2.23. The van der Waals surface area contributed by atoms with Gasteiger partial charge in [-0.1, -0.05) is 76.2 Å². The van der Waals surface area contributed by atoms with Gasteiger partial charge in [0.15, 0.2) is 0 Å². The summed E-state index contributed by atoms with van der Waals surface area (Å²) in [7, 11) is 3.73. The van der Waals surface area contributed by atoms with Crippen LogP contribution in [0.1, 0.15) is 63.3 Å². The Morgan fingerprint density at radius 1 is 0.767 bits per heavy atom. The Bertz CT molecular complexity index is 1030. The molecule has 0 saturated heterocycles. The van der Waals surface area contributed by atoms with Gasteiger partial charge in [0.1, 0.15) is 0 Å². The van der Waals surface area contributed by atoms with Crippen molar-refractivity contribution in [2.75, 3.05) is 14.1 Å². The summed E-state index contributed by atoms with van der Waals surface area (Å²) in [5.41, 5.74) is 10.7. The molecule has 1 aliphatic rings. The highest BCUT2D eigenvalue weighted by Gasteiger charge is 2.26. The van der Waals surface area contributed by atoms with Crippen LogP contribution >= 0.6 is 0 Å². The number of hydrogen-bond donors (Lipinski definition) is 0. The lowest BCUT2D eigenvalue weighted by atomic mass is 9.79. The molecule has 0 fully saturated rings. The molecule has 2 aromatic carbocycles. The average Bonchev–Trinajstić information content (AvgIpc) is 2.78. The summed E-state index contributed by atoms with van der Waals surface area (Å²) in [5.74, 6) is 0. The maximum absolute atomic E-state index is 4.69. The third kappa shape index (κ3) is 4.09. The van der Waals surface area contributed by atoms with Crippen molar-refractivity contribution in [3.63, 3.8) is 0 Å². The van der Waals surface area contributed by atoms with Crippen LogP contribution in [0.4, 0.5) is 0 Å². The first-order valence-corrected chi connectivity index (χ1v) is 10.9. The van der Waals surface area contributed by atoms with Crippen LogP contribution in [0.25, 0.3) is 11.1 Å². The minimum atomic E-state index is 0.184. The van der Waals surface area contributed by atoms with Crippen molar-refractivity contribution >= 4 is 22.6 Å². The first kappa shape index (κ1) is 22.0.